The van der Waals surface area contributed by atoms with Gasteiger partial charge >= 0.3 is 0 Å². The van der Waals surface area contributed by atoms with Crippen LogP contribution >= 0.6 is 24.0 Å². The molecule has 0 saturated carbocycles. The Morgan fingerprint density at radius 1 is 1.45 bits per heavy atom. The predicted molar refractivity (Wildman–Crippen MR) is 101 cm³/mol. The van der Waals surface area contributed by atoms with Gasteiger partial charge in [0.15, 0.2) is 5.96 Å². The number of rotatable bonds is 4. The number of likely N-dealkylation sites (tertiary alicyclic amines) is 1. The number of hydrogen-bond donors (Lipinski definition) is 1. The number of guanidine groups is 1. The molecular formula is C16H27IN4O. The fraction of sp³-hybridized carbons (Fsp3) is 0.625. The lowest BCUT2D eigenvalue weighted by Crippen LogP contribution is -2.45. The van der Waals surface area contributed by atoms with Crippen molar-refractivity contribution in [3.05, 3.63) is 23.9 Å². The summed E-state index contributed by atoms with van der Waals surface area (Å²) in [6.07, 6.45) is 4.21. The van der Waals surface area contributed by atoms with Crippen molar-refractivity contribution in [2.24, 2.45) is 10.9 Å². The second-order valence-corrected chi connectivity index (χ2v) is 5.51. The Balaban J connectivity index is 0.00000242. The maximum atomic E-state index is 5.28. The molecule has 1 aromatic rings. The lowest BCUT2D eigenvalue weighted by Gasteiger charge is -2.33. The maximum Gasteiger partial charge on any atom is 0.218 e. The Labute approximate surface area is 150 Å². The molecule has 0 unspecified atom stereocenters. The Morgan fingerprint density at radius 3 is 2.82 bits per heavy atom. The summed E-state index contributed by atoms with van der Waals surface area (Å²) in [5.41, 5.74) is 1.01. The van der Waals surface area contributed by atoms with Crippen LogP contribution in [0.5, 0.6) is 5.88 Å². The third-order valence-corrected chi connectivity index (χ3v) is 3.86. The smallest absolute Gasteiger partial charge is 0.218 e. The van der Waals surface area contributed by atoms with Crippen molar-refractivity contribution >= 4 is 29.9 Å². The van der Waals surface area contributed by atoms with Crippen molar-refractivity contribution in [2.45, 2.75) is 33.2 Å². The van der Waals surface area contributed by atoms with Gasteiger partial charge in [0.1, 0.15) is 0 Å². The zero-order valence-electron chi connectivity index (χ0n) is 13.7. The van der Waals surface area contributed by atoms with Gasteiger partial charge in [0.05, 0.1) is 13.7 Å². The van der Waals surface area contributed by atoms with E-state index in [4.69, 9.17) is 9.73 Å². The van der Waals surface area contributed by atoms with Crippen LogP contribution in [-0.2, 0) is 6.54 Å². The molecule has 2 heterocycles. The summed E-state index contributed by atoms with van der Waals surface area (Å²) >= 11 is 0. The monoisotopic (exact) mass is 418 g/mol. The van der Waals surface area contributed by atoms with Crippen LogP contribution in [0.1, 0.15) is 32.3 Å². The quantitative estimate of drug-likeness (QED) is 0.464. The molecule has 124 valence electrons. The number of nitrogens with one attached hydrogen (secondary N) is 1. The van der Waals surface area contributed by atoms with E-state index in [1.54, 1.807) is 13.3 Å². The van der Waals surface area contributed by atoms with Crippen LogP contribution in [0.3, 0.4) is 0 Å². The van der Waals surface area contributed by atoms with Crippen LogP contribution in [0.25, 0.3) is 0 Å². The minimum Gasteiger partial charge on any atom is -0.481 e. The van der Waals surface area contributed by atoms with Gasteiger partial charge in [-0.15, -0.1) is 24.0 Å². The van der Waals surface area contributed by atoms with E-state index in [0.717, 1.165) is 37.1 Å². The molecule has 6 heteroatoms. The van der Waals surface area contributed by atoms with Crippen LogP contribution in [0.4, 0.5) is 0 Å². The zero-order valence-corrected chi connectivity index (χ0v) is 16.0. The van der Waals surface area contributed by atoms with E-state index >= 15 is 0 Å². The largest absolute Gasteiger partial charge is 0.481 e. The van der Waals surface area contributed by atoms with Crippen molar-refractivity contribution in [2.75, 3.05) is 26.7 Å². The van der Waals surface area contributed by atoms with Crippen LogP contribution < -0.4 is 10.1 Å². The summed E-state index contributed by atoms with van der Waals surface area (Å²) in [7, 11) is 1.65. The molecule has 0 spiro atoms. The Morgan fingerprint density at radius 2 is 2.18 bits per heavy atom. The van der Waals surface area contributed by atoms with E-state index in [-0.39, 0.29) is 24.0 Å². The molecule has 5 nitrogen and oxygen atoms in total. The summed E-state index contributed by atoms with van der Waals surface area (Å²) in [5.74, 6) is 2.47. The van der Waals surface area contributed by atoms with Crippen LogP contribution in [0, 0.1) is 5.92 Å². The molecule has 1 N–H and O–H groups in total. The molecule has 1 fully saturated rings. The zero-order chi connectivity index (χ0) is 15.1. The molecule has 1 saturated heterocycles. The molecule has 0 atom stereocenters. The summed E-state index contributed by atoms with van der Waals surface area (Å²) in [6.45, 7) is 8.06. The van der Waals surface area contributed by atoms with Crippen molar-refractivity contribution in [3.8, 4) is 5.88 Å². The van der Waals surface area contributed by atoms with Gasteiger partial charge in [-0.1, -0.05) is 13.0 Å². The van der Waals surface area contributed by atoms with Gasteiger partial charge in [-0.2, -0.15) is 0 Å². The van der Waals surface area contributed by atoms with E-state index < -0.39 is 0 Å². The molecule has 0 aromatic carbocycles. The highest BCUT2D eigenvalue weighted by atomic mass is 127. The van der Waals surface area contributed by atoms with E-state index in [1.807, 2.05) is 12.1 Å². The average molecular weight is 418 g/mol. The first kappa shape index (κ1) is 19.0. The number of nitrogens with zero attached hydrogens (tertiary/aromatic N) is 3. The molecule has 2 rings (SSSR count). The number of pyridine rings is 1. The van der Waals surface area contributed by atoms with E-state index in [9.17, 15) is 0 Å². The number of piperidine rings is 1. The molecule has 0 aliphatic carbocycles. The van der Waals surface area contributed by atoms with Crippen molar-refractivity contribution < 1.29 is 4.74 Å². The van der Waals surface area contributed by atoms with E-state index in [1.165, 1.54) is 12.8 Å². The number of aliphatic imine (C=N–C) groups is 1. The molecule has 1 aliphatic rings. The highest BCUT2D eigenvalue weighted by molar-refractivity contribution is 14.0. The van der Waals surface area contributed by atoms with Crippen LogP contribution in [0.2, 0.25) is 0 Å². The molecule has 1 aromatic heterocycles. The van der Waals surface area contributed by atoms with Crippen molar-refractivity contribution in [3.63, 3.8) is 0 Å². The van der Waals surface area contributed by atoms with Gasteiger partial charge in [0.2, 0.25) is 5.88 Å². The Hall–Kier alpha value is -1.05. The van der Waals surface area contributed by atoms with E-state index in [0.29, 0.717) is 12.4 Å². The van der Waals surface area contributed by atoms with Gasteiger partial charge in [0, 0.05) is 31.4 Å². The lowest BCUT2D eigenvalue weighted by molar-refractivity contribution is 0.273. The molecule has 0 amide bonds. The van der Waals surface area contributed by atoms with Gasteiger partial charge in [-0.05, 0) is 31.7 Å². The summed E-state index contributed by atoms with van der Waals surface area (Å²) in [4.78, 5) is 11.3. The predicted octanol–water partition coefficient (Wildman–Crippen LogP) is 2.91. The summed E-state index contributed by atoms with van der Waals surface area (Å²) in [6, 6.07) is 3.93. The fourth-order valence-corrected chi connectivity index (χ4v) is 2.53. The lowest BCUT2D eigenvalue weighted by atomic mass is 10.00. The molecule has 0 bridgehead atoms. The van der Waals surface area contributed by atoms with Crippen molar-refractivity contribution in [1.82, 2.24) is 15.2 Å². The first-order chi connectivity index (χ1) is 10.2. The standard InChI is InChI=1S/C16H26N4O.HI/c1-4-17-16(20-10-7-13(2)8-11-20)19-12-14-6-5-9-18-15(14)21-3;/h5-6,9,13H,4,7-8,10-12H2,1-3H3,(H,17,19);1H. The number of halogens is 1. The molecule has 1 aliphatic heterocycles. The number of ether oxygens (including phenoxy) is 1. The third-order valence-electron chi connectivity index (χ3n) is 3.86. The second kappa shape index (κ2) is 9.86. The topological polar surface area (TPSA) is 49.8 Å². The van der Waals surface area contributed by atoms with Gasteiger partial charge in [-0.3, -0.25) is 0 Å². The maximum absolute atomic E-state index is 5.28. The van der Waals surface area contributed by atoms with Gasteiger partial charge in [-0.25, -0.2) is 9.98 Å². The summed E-state index contributed by atoms with van der Waals surface area (Å²) < 4.78 is 5.28. The minimum absolute atomic E-state index is 0. The Kier molecular flexibility index (Phi) is 8.52. The average Bonchev–Trinajstić information content (AvgIpc) is 2.52. The Bertz CT molecular complexity index is 473. The SMILES string of the molecule is CCNC(=NCc1cccnc1OC)N1CCC(C)CC1.I. The minimum atomic E-state index is 0. The first-order valence-corrected chi connectivity index (χ1v) is 7.75. The highest BCUT2D eigenvalue weighted by Crippen LogP contribution is 2.17. The van der Waals surface area contributed by atoms with Gasteiger partial charge < -0.3 is 15.0 Å². The fourth-order valence-electron chi connectivity index (χ4n) is 2.53. The van der Waals surface area contributed by atoms with Gasteiger partial charge in [0.25, 0.3) is 0 Å². The number of hydrogen-bond acceptors (Lipinski definition) is 3. The highest BCUT2D eigenvalue weighted by Gasteiger charge is 2.18. The third kappa shape index (κ3) is 5.30. The molecule has 0 radical (unpaired) electrons. The van der Waals surface area contributed by atoms with E-state index in [2.05, 4.69) is 29.0 Å². The number of aromatic nitrogens is 1. The second-order valence-electron chi connectivity index (χ2n) is 5.51. The molecule has 22 heavy (non-hydrogen) atoms. The van der Waals surface area contributed by atoms with Crippen LogP contribution in [0.15, 0.2) is 23.3 Å². The van der Waals surface area contributed by atoms with Crippen LogP contribution in [-0.4, -0.2) is 42.6 Å². The number of methoxy groups -OCH3 is 1. The summed E-state index contributed by atoms with van der Waals surface area (Å²) in [5, 5.41) is 3.39. The normalized spacial score (nSPS) is 16.1. The molecular weight excluding hydrogens is 391 g/mol. The first-order valence-electron chi connectivity index (χ1n) is 7.75. The van der Waals surface area contributed by atoms with Crippen molar-refractivity contribution in [1.29, 1.82) is 0 Å².